The normalized spacial score (nSPS) is 18.1. The zero-order valence-corrected chi connectivity index (χ0v) is 12.6. The lowest BCUT2D eigenvalue weighted by molar-refractivity contribution is 0.166. The van der Waals surface area contributed by atoms with Crippen molar-refractivity contribution in [3.05, 3.63) is 35.4 Å². The fraction of sp³-hybridized carbons (Fsp3) is 0.600. The van der Waals surface area contributed by atoms with Crippen molar-refractivity contribution in [1.82, 2.24) is 4.90 Å². The van der Waals surface area contributed by atoms with Gasteiger partial charge in [-0.1, -0.05) is 61.0 Å². The van der Waals surface area contributed by atoms with Gasteiger partial charge in [-0.05, 0) is 22.5 Å². The number of fused-ring (bicyclic) bond motifs is 1. The third kappa shape index (κ3) is 3.11. The highest BCUT2D eigenvalue weighted by Crippen LogP contribution is 2.31. The third-order valence-corrected chi connectivity index (χ3v) is 4.58. The SMILES string of the molecule is CC(C)(C)C(CBr)CN1Cc2ccccc2C1. The zero-order valence-electron chi connectivity index (χ0n) is 11.0. The van der Waals surface area contributed by atoms with Gasteiger partial charge in [-0.15, -0.1) is 0 Å². The van der Waals surface area contributed by atoms with E-state index in [0.29, 0.717) is 11.3 Å². The maximum atomic E-state index is 3.67. The molecule has 0 bridgehead atoms. The van der Waals surface area contributed by atoms with E-state index in [9.17, 15) is 0 Å². The van der Waals surface area contributed by atoms with Crippen LogP contribution in [0.2, 0.25) is 0 Å². The number of halogens is 1. The molecule has 1 unspecified atom stereocenters. The first-order valence-electron chi connectivity index (χ1n) is 6.36. The summed E-state index contributed by atoms with van der Waals surface area (Å²) in [6.45, 7) is 10.4. The van der Waals surface area contributed by atoms with Crippen molar-refractivity contribution < 1.29 is 0 Å². The van der Waals surface area contributed by atoms with Crippen molar-refractivity contribution in [2.24, 2.45) is 11.3 Å². The van der Waals surface area contributed by atoms with E-state index in [-0.39, 0.29) is 0 Å². The van der Waals surface area contributed by atoms with Crippen LogP contribution < -0.4 is 0 Å². The summed E-state index contributed by atoms with van der Waals surface area (Å²) in [7, 11) is 0. The molecule has 0 saturated heterocycles. The van der Waals surface area contributed by atoms with E-state index in [0.717, 1.165) is 18.4 Å². The lowest BCUT2D eigenvalue weighted by Gasteiger charge is -2.32. The van der Waals surface area contributed by atoms with E-state index < -0.39 is 0 Å². The molecule has 0 saturated carbocycles. The number of alkyl halides is 1. The summed E-state index contributed by atoms with van der Waals surface area (Å²) in [4.78, 5) is 2.57. The summed E-state index contributed by atoms with van der Waals surface area (Å²) in [6.07, 6.45) is 0. The van der Waals surface area contributed by atoms with Gasteiger partial charge in [0.1, 0.15) is 0 Å². The fourth-order valence-electron chi connectivity index (χ4n) is 2.40. The molecule has 0 radical (unpaired) electrons. The number of hydrogen-bond acceptors (Lipinski definition) is 1. The Kier molecular flexibility index (Phi) is 3.94. The summed E-state index contributed by atoms with van der Waals surface area (Å²) < 4.78 is 0. The van der Waals surface area contributed by atoms with Gasteiger partial charge in [0, 0.05) is 25.0 Å². The lowest BCUT2D eigenvalue weighted by atomic mass is 9.82. The summed E-state index contributed by atoms with van der Waals surface area (Å²) in [5, 5.41) is 1.09. The zero-order chi connectivity index (χ0) is 12.5. The van der Waals surface area contributed by atoms with Crippen molar-refractivity contribution in [1.29, 1.82) is 0 Å². The number of hydrogen-bond donors (Lipinski definition) is 0. The first-order valence-corrected chi connectivity index (χ1v) is 7.48. The molecular formula is C15H22BrN. The van der Waals surface area contributed by atoms with Crippen LogP contribution in [0.1, 0.15) is 31.9 Å². The van der Waals surface area contributed by atoms with E-state index in [1.54, 1.807) is 0 Å². The molecule has 17 heavy (non-hydrogen) atoms. The molecule has 94 valence electrons. The predicted octanol–water partition coefficient (Wildman–Crippen LogP) is 4.06. The lowest BCUT2D eigenvalue weighted by Crippen LogP contribution is -2.33. The maximum absolute atomic E-state index is 3.67. The standard InChI is InChI=1S/C15H22BrN/c1-15(2,3)14(8-16)11-17-9-12-6-4-5-7-13(12)10-17/h4-7,14H,8-11H2,1-3H3. The molecule has 0 fully saturated rings. The second-order valence-corrected chi connectivity index (χ2v) is 6.80. The van der Waals surface area contributed by atoms with Crippen LogP contribution in [0.5, 0.6) is 0 Å². The molecule has 0 amide bonds. The second-order valence-electron chi connectivity index (χ2n) is 6.16. The summed E-state index contributed by atoms with van der Waals surface area (Å²) in [5.74, 6) is 0.705. The van der Waals surface area contributed by atoms with Crippen molar-refractivity contribution in [2.45, 2.75) is 33.9 Å². The average molecular weight is 296 g/mol. The van der Waals surface area contributed by atoms with Crippen LogP contribution >= 0.6 is 15.9 Å². The van der Waals surface area contributed by atoms with Gasteiger partial charge in [0.05, 0.1) is 0 Å². The van der Waals surface area contributed by atoms with Crippen LogP contribution in [0.25, 0.3) is 0 Å². The smallest absolute Gasteiger partial charge is 0.0240 e. The summed E-state index contributed by atoms with van der Waals surface area (Å²) >= 11 is 3.67. The van der Waals surface area contributed by atoms with Crippen LogP contribution in [0.15, 0.2) is 24.3 Å². The summed E-state index contributed by atoms with van der Waals surface area (Å²) in [5.41, 5.74) is 3.39. The largest absolute Gasteiger partial charge is 0.294 e. The van der Waals surface area contributed by atoms with Gasteiger partial charge in [0.15, 0.2) is 0 Å². The second kappa shape index (κ2) is 5.11. The molecule has 1 aromatic carbocycles. The monoisotopic (exact) mass is 295 g/mol. The van der Waals surface area contributed by atoms with Gasteiger partial charge in [0.25, 0.3) is 0 Å². The summed E-state index contributed by atoms with van der Waals surface area (Å²) in [6, 6.07) is 8.81. The number of nitrogens with zero attached hydrogens (tertiary/aromatic N) is 1. The van der Waals surface area contributed by atoms with Gasteiger partial charge < -0.3 is 0 Å². The molecule has 1 aromatic rings. The topological polar surface area (TPSA) is 3.24 Å². The molecule has 0 aliphatic carbocycles. The Labute approximate surface area is 113 Å². The minimum absolute atomic E-state index is 0.373. The number of benzene rings is 1. The van der Waals surface area contributed by atoms with Gasteiger partial charge in [-0.2, -0.15) is 0 Å². The molecule has 1 nitrogen and oxygen atoms in total. The van der Waals surface area contributed by atoms with E-state index in [4.69, 9.17) is 0 Å². The Hall–Kier alpha value is -0.340. The average Bonchev–Trinajstić information content (AvgIpc) is 2.66. The molecular weight excluding hydrogens is 274 g/mol. The molecule has 1 aliphatic heterocycles. The Balaban J connectivity index is 2.00. The molecule has 0 spiro atoms. The molecule has 2 heteroatoms. The predicted molar refractivity (Wildman–Crippen MR) is 77.3 cm³/mol. The first kappa shape index (κ1) is 13.1. The van der Waals surface area contributed by atoms with E-state index in [1.807, 2.05) is 0 Å². The van der Waals surface area contributed by atoms with E-state index in [1.165, 1.54) is 17.7 Å². The Bertz CT molecular complexity index is 356. The Morgan fingerprint density at radius 2 is 1.71 bits per heavy atom. The molecule has 0 aromatic heterocycles. The van der Waals surface area contributed by atoms with Crippen LogP contribution in [-0.2, 0) is 13.1 Å². The van der Waals surface area contributed by atoms with Crippen LogP contribution in [0.3, 0.4) is 0 Å². The van der Waals surface area contributed by atoms with Gasteiger partial charge >= 0.3 is 0 Å². The van der Waals surface area contributed by atoms with Crippen molar-refractivity contribution in [3.63, 3.8) is 0 Å². The van der Waals surface area contributed by atoms with Crippen molar-refractivity contribution in [2.75, 3.05) is 11.9 Å². The maximum Gasteiger partial charge on any atom is 0.0240 e. The van der Waals surface area contributed by atoms with Gasteiger partial charge in [-0.25, -0.2) is 0 Å². The molecule has 1 atom stereocenters. The highest BCUT2D eigenvalue weighted by atomic mass is 79.9. The first-order chi connectivity index (χ1) is 8.00. The number of rotatable bonds is 3. The Morgan fingerprint density at radius 3 is 2.12 bits per heavy atom. The highest BCUT2D eigenvalue weighted by Gasteiger charge is 2.28. The van der Waals surface area contributed by atoms with Crippen LogP contribution in [-0.4, -0.2) is 16.8 Å². The van der Waals surface area contributed by atoms with Gasteiger partial charge in [-0.3, -0.25) is 4.90 Å². The van der Waals surface area contributed by atoms with Crippen LogP contribution in [0.4, 0.5) is 0 Å². The molecule has 1 heterocycles. The van der Waals surface area contributed by atoms with Crippen molar-refractivity contribution >= 4 is 15.9 Å². The van der Waals surface area contributed by atoms with Crippen LogP contribution in [0, 0.1) is 11.3 Å². The molecule has 0 N–H and O–H groups in total. The van der Waals surface area contributed by atoms with E-state index in [2.05, 4.69) is 65.9 Å². The van der Waals surface area contributed by atoms with Gasteiger partial charge in [0.2, 0.25) is 0 Å². The Morgan fingerprint density at radius 1 is 1.18 bits per heavy atom. The van der Waals surface area contributed by atoms with Crippen molar-refractivity contribution in [3.8, 4) is 0 Å². The molecule has 1 aliphatic rings. The third-order valence-electron chi connectivity index (χ3n) is 3.80. The highest BCUT2D eigenvalue weighted by molar-refractivity contribution is 9.09. The minimum atomic E-state index is 0.373. The minimum Gasteiger partial charge on any atom is -0.294 e. The van der Waals surface area contributed by atoms with E-state index >= 15 is 0 Å². The molecule has 2 rings (SSSR count). The quantitative estimate of drug-likeness (QED) is 0.760. The fourth-order valence-corrected chi connectivity index (χ4v) is 3.57.